The molecule has 21 heavy (non-hydrogen) atoms. The van der Waals surface area contributed by atoms with Crippen molar-refractivity contribution in [2.45, 2.75) is 37.9 Å². The quantitative estimate of drug-likeness (QED) is 0.721. The number of carbonyl (C=O) groups is 1. The molecule has 1 unspecified atom stereocenters. The molecule has 1 heterocycles. The summed E-state index contributed by atoms with van der Waals surface area (Å²) in [6.07, 6.45) is 0.919. The first-order chi connectivity index (χ1) is 10.2. The van der Waals surface area contributed by atoms with Crippen LogP contribution in [0.15, 0.2) is 35.7 Å². The van der Waals surface area contributed by atoms with E-state index in [1.165, 1.54) is 5.56 Å². The van der Waals surface area contributed by atoms with E-state index in [0.717, 1.165) is 22.9 Å². The predicted molar refractivity (Wildman–Crippen MR) is 88.5 cm³/mol. The topological polar surface area (TPSA) is 39.2 Å². The van der Waals surface area contributed by atoms with Gasteiger partial charge >= 0.3 is 5.97 Å². The summed E-state index contributed by atoms with van der Waals surface area (Å²) in [7, 11) is 0. The zero-order valence-electron chi connectivity index (χ0n) is 12.2. The fraction of sp³-hybridized carbons (Fsp3) is 0.375. The lowest BCUT2D eigenvalue weighted by molar-refractivity contribution is -0.144. The summed E-state index contributed by atoms with van der Waals surface area (Å²) in [6.45, 7) is 4.22. The van der Waals surface area contributed by atoms with Gasteiger partial charge in [-0.25, -0.2) is 4.98 Å². The third-order valence-corrected chi connectivity index (χ3v) is 5.17. The van der Waals surface area contributed by atoms with Gasteiger partial charge in [-0.3, -0.25) is 4.79 Å². The maximum Gasteiger partial charge on any atom is 0.319 e. The number of benzene rings is 1. The van der Waals surface area contributed by atoms with E-state index in [0.29, 0.717) is 0 Å². The Hall–Kier alpha value is -1.33. The minimum atomic E-state index is -0.179. The Balaban J connectivity index is 1.74. The van der Waals surface area contributed by atoms with Gasteiger partial charge in [-0.15, -0.1) is 23.1 Å². The zero-order chi connectivity index (χ0) is 15.1. The fourth-order valence-corrected chi connectivity index (χ4v) is 3.27. The van der Waals surface area contributed by atoms with Crippen LogP contribution in [0.25, 0.3) is 0 Å². The average Bonchev–Trinajstić information content (AvgIpc) is 2.99. The van der Waals surface area contributed by atoms with E-state index in [1.54, 1.807) is 23.1 Å². The number of thiazole rings is 1. The van der Waals surface area contributed by atoms with Crippen LogP contribution in [-0.2, 0) is 28.3 Å². The normalized spacial score (nSPS) is 12.1. The van der Waals surface area contributed by atoms with E-state index < -0.39 is 0 Å². The first-order valence-electron chi connectivity index (χ1n) is 6.94. The van der Waals surface area contributed by atoms with Crippen LogP contribution in [0.5, 0.6) is 0 Å². The van der Waals surface area contributed by atoms with Gasteiger partial charge in [-0.1, -0.05) is 37.3 Å². The Morgan fingerprint density at radius 1 is 1.38 bits per heavy atom. The molecule has 3 nitrogen and oxygen atoms in total. The monoisotopic (exact) mass is 321 g/mol. The molecule has 0 N–H and O–H groups in total. The van der Waals surface area contributed by atoms with Crippen molar-refractivity contribution in [2.75, 3.05) is 0 Å². The molecule has 2 aromatic rings. The predicted octanol–water partition coefficient (Wildman–Crippen LogP) is 4.07. The van der Waals surface area contributed by atoms with Crippen molar-refractivity contribution >= 4 is 29.1 Å². The van der Waals surface area contributed by atoms with Crippen LogP contribution in [0.2, 0.25) is 0 Å². The van der Waals surface area contributed by atoms with Gasteiger partial charge in [0.05, 0.1) is 16.0 Å². The molecule has 0 fully saturated rings. The fourth-order valence-electron chi connectivity index (χ4n) is 1.70. The molecule has 1 atom stereocenters. The highest BCUT2D eigenvalue weighted by Gasteiger charge is 2.15. The molecule has 0 bridgehead atoms. The van der Waals surface area contributed by atoms with Crippen molar-refractivity contribution in [3.8, 4) is 0 Å². The molecule has 1 aromatic carbocycles. The van der Waals surface area contributed by atoms with Gasteiger partial charge < -0.3 is 4.74 Å². The standard InChI is InChI=1S/C16H19NO2S2/c1-3-15-17-14(11-21-15)9-19-16(18)12(2)20-10-13-7-5-4-6-8-13/h4-8,11-12H,3,9-10H2,1-2H3. The minimum Gasteiger partial charge on any atom is -0.458 e. The van der Waals surface area contributed by atoms with Crippen LogP contribution in [0.4, 0.5) is 0 Å². The number of aromatic nitrogens is 1. The summed E-state index contributed by atoms with van der Waals surface area (Å²) in [5.41, 5.74) is 2.06. The van der Waals surface area contributed by atoms with Crippen molar-refractivity contribution in [3.05, 3.63) is 52.0 Å². The second kappa shape index (κ2) is 8.20. The van der Waals surface area contributed by atoms with E-state index in [1.807, 2.05) is 30.5 Å². The number of thioether (sulfide) groups is 1. The molecular formula is C16H19NO2S2. The van der Waals surface area contributed by atoms with Crippen LogP contribution in [0, 0.1) is 0 Å². The second-order valence-corrected chi connectivity index (χ2v) is 6.90. The highest BCUT2D eigenvalue weighted by atomic mass is 32.2. The van der Waals surface area contributed by atoms with Gasteiger partial charge in [-0.2, -0.15) is 0 Å². The van der Waals surface area contributed by atoms with Crippen LogP contribution in [-0.4, -0.2) is 16.2 Å². The van der Waals surface area contributed by atoms with E-state index in [2.05, 4.69) is 24.0 Å². The lowest BCUT2D eigenvalue weighted by atomic mass is 10.2. The molecule has 0 spiro atoms. The number of hydrogen-bond acceptors (Lipinski definition) is 5. The number of ether oxygens (including phenoxy) is 1. The molecule has 0 aliphatic rings. The molecule has 2 rings (SSSR count). The minimum absolute atomic E-state index is 0.172. The molecule has 0 saturated carbocycles. The molecule has 0 saturated heterocycles. The first-order valence-corrected chi connectivity index (χ1v) is 8.87. The van der Waals surface area contributed by atoms with Crippen molar-refractivity contribution in [3.63, 3.8) is 0 Å². The van der Waals surface area contributed by atoms with E-state index in [4.69, 9.17) is 4.74 Å². The second-order valence-electron chi connectivity index (χ2n) is 4.63. The van der Waals surface area contributed by atoms with Gasteiger partial charge in [0, 0.05) is 11.1 Å². The number of hydrogen-bond donors (Lipinski definition) is 0. The summed E-state index contributed by atoms with van der Waals surface area (Å²) in [6, 6.07) is 10.1. The summed E-state index contributed by atoms with van der Waals surface area (Å²) in [5.74, 6) is 0.635. The van der Waals surface area contributed by atoms with Crippen molar-refractivity contribution in [1.29, 1.82) is 0 Å². The lowest BCUT2D eigenvalue weighted by Crippen LogP contribution is -2.17. The molecule has 5 heteroatoms. The number of aryl methyl sites for hydroxylation is 1. The summed E-state index contributed by atoms with van der Waals surface area (Å²) >= 11 is 3.20. The highest BCUT2D eigenvalue weighted by molar-refractivity contribution is 7.99. The Morgan fingerprint density at radius 3 is 2.81 bits per heavy atom. The Morgan fingerprint density at radius 2 is 2.14 bits per heavy atom. The molecule has 0 aliphatic heterocycles. The van der Waals surface area contributed by atoms with E-state index in [9.17, 15) is 4.79 Å². The summed E-state index contributed by atoms with van der Waals surface area (Å²) < 4.78 is 5.32. The lowest BCUT2D eigenvalue weighted by Gasteiger charge is -2.10. The molecule has 1 aromatic heterocycles. The zero-order valence-corrected chi connectivity index (χ0v) is 13.9. The first kappa shape index (κ1) is 16.0. The van der Waals surface area contributed by atoms with Crippen LogP contribution in [0.1, 0.15) is 30.1 Å². The number of nitrogens with zero attached hydrogens (tertiary/aromatic N) is 1. The molecular weight excluding hydrogens is 302 g/mol. The largest absolute Gasteiger partial charge is 0.458 e. The molecule has 0 aliphatic carbocycles. The van der Waals surface area contributed by atoms with E-state index >= 15 is 0 Å². The smallest absolute Gasteiger partial charge is 0.319 e. The molecule has 112 valence electrons. The van der Waals surface area contributed by atoms with Crippen LogP contribution < -0.4 is 0 Å². The Bertz CT molecular complexity index is 569. The van der Waals surface area contributed by atoms with Gasteiger partial charge in [0.2, 0.25) is 0 Å². The van der Waals surface area contributed by atoms with Crippen molar-refractivity contribution < 1.29 is 9.53 Å². The summed E-state index contributed by atoms with van der Waals surface area (Å²) in [4.78, 5) is 16.3. The number of carbonyl (C=O) groups excluding carboxylic acids is 1. The maximum absolute atomic E-state index is 11.9. The van der Waals surface area contributed by atoms with Gasteiger partial charge in [0.1, 0.15) is 6.61 Å². The SMILES string of the molecule is CCc1nc(COC(=O)C(C)SCc2ccccc2)cs1. The number of esters is 1. The summed E-state index contributed by atoms with van der Waals surface area (Å²) in [5, 5.41) is 2.86. The molecule has 0 amide bonds. The number of rotatable bonds is 7. The third kappa shape index (κ3) is 5.17. The highest BCUT2D eigenvalue weighted by Crippen LogP contribution is 2.19. The van der Waals surface area contributed by atoms with E-state index in [-0.39, 0.29) is 17.8 Å². The van der Waals surface area contributed by atoms with Gasteiger partial charge in [-0.05, 0) is 18.9 Å². The Labute approximate surface area is 133 Å². The molecule has 0 radical (unpaired) electrons. The van der Waals surface area contributed by atoms with Gasteiger partial charge in [0.25, 0.3) is 0 Å². The van der Waals surface area contributed by atoms with Gasteiger partial charge in [0.15, 0.2) is 0 Å². The average molecular weight is 321 g/mol. The van der Waals surface area contributed by atoms with Crippen LogP contribution >= 0.6 is 23.1 Å². The van der Waals surface area contributed by atoms with Crippen molar-refractivity contribution in [1.82, 2.24) is 4.98 Å². The Kier molecular flexibility index (Phi) is 6.26. The van der Waals surface area contributed by atoms with Crippen LogP contribution in [0.3, 0.4) is 0 Å². The maximum atomic E-state index is 11.9. The third-order valence-electron chi connectivity index (χ3n) is 2.94. The van der Waals surface area contributed by atoms with Crippen molar-refractivity contribution in [2.24, 2.45) is 0 Å².